The Labute approximate surface area is 134 Å². The number of rotatable bonds is 4. The van der Waals surface area contributed by atoms with Crippen LogP contribution in [0.1, 0.15) is 16.1 Å². The summed E-state index contributed by atoms with van der Waals surface area (Å²) < 4.78 is 6.81. The van der Waals surface area contributed by atoms with Crippen LogP contribution < -0.4 is 5.32 Å². The van der Waals surface area contributed by atoms with E-state index in [9.17, 15) is 9.90 Å². The number of fused-ring (bicyclic) bond motifs is 1. The van der Waals surface area contributed by atoms with Gasteiger partial charge in [-0.3, -0.25) is 0 Å². The van der Waals surface area contributed by atoms with Gasteiger partial charge in [0.05, 0.1) is 6.54 Å². The molecule has 0 aliphatic heterocycles. The maximum atomic E-state index is 11.5. The lowest BCUT2D eigenvalue weighted by Gasteiger charge is -2.05. The highest BCUT2D eigenvalue weighted by Crippen LogP contribution is 2.26. The van der Waals surface area contributed by atoms with Crippen LogP contribution in [0, 0.1) is 3.57 Å². The Kier molecular flexibility index (Phi) is 3.83. The third kappa shape index (κ3) is 2.87. The number of para-hydroxylation sites is 1. The molecule has 21 heavy (non-hydrogen) atoms. The van der Waals surface area contributed by atoms with Crippen molar-refractivity contribution >= 4 is 45.2 Å². The van der Waals surface area contributed by atoms with Gasteiger partial charge >= 0.3 is 5.97 Å². The van der Waals surface area contributed by atoms with E-state index in [1.54, 1.807) is 18.2 Å². The van der Waals surface area contributed by atoms with Gasteiger partial charge in [0, 0.05) is 14.6 Å². The predicted octanol–water partition coefficient (Wildman–Crippen LogP) is 4.35. The molecule has 0 atom stereocenters. The second-order valence-electron chi connectivity index (χ2n) is 4.56. The summed E-state index contributed by atoms with van der Waals surface area (Å²) >= 11 is 2.24. The Hall–Kier alpha value is -2.02. The number of nitrogens with one attached hydrogen (secondary N) is 1. The molecule has 0 bridgehead atoms. The van der Waals surface area contributed by atoms with Gasteiger partial charge in [0.1, 0.15) is 16.9 Å². The maximum absolute atomic E-state index is 11.5. The fourth-order valence-electron chi connectivity index (χ4n) is 2.21. The first-order valence-electron chi connectivity index (χ1n) is 6.38. The summed E-state index contributed by atoms with van der Waals surface area (Å²) in [6.45, 7) is 0.330. The second-order valence-corrected chi connectivity index (χ2v) is 5.81. The van der Waals surface area contributed by atoms with Gasteiger partial charge in [-0.2, -0.15) is 0 Å². The van der Waals surface area contributed by atoms with Crippen LogP contribution in [0.4, 0.5) is 5.69 Å². The molecular weight excluding hydrogens is 381 g/mol. The molecule has 2 aromatic carbocycles. The van der Waals surface area contributed by atoms with Crippen LogP contribution in [0.15, 0.2) is 52.9 Å². The number of furan rings is 1. The average molecular weight is 393 g/mol. The molecule has 0 saturated carbocycles. The van der Waals surface area contributed by atoms with E-state index < -0.39 is 5.97 Å². The lowest BCUT2D eigenvalue weighted by Crippen LogP contribution is -2.05. The number of anilines is 1. The van der Waals surface area contributed by atoms with Gasteiger partial charge < -0.3 is 14.8 Å². The van der Waals surface area contributed by atoms with E-state index >= 15 is 0 Å². The van der Waals surface area contributed by atoms with E-state index in [4.69, 9.17) is 4.42 Å². The summed E-state index contributed by atoms with van der Waals surface area (Å²) in [7, 11) is 0. The zero-order valence-corrected chi connectivity index (χ0v) is 13.1. The summed E-state index contributed by atoms with van der Waals surface area (Å²) in [5, 5.41) is 13.2. The van der Waals surface area contributed by atoms with Crippen molar-refractivity contribution in [1.29, 1.82) is 0 Å². The van der Waals surface area contributed by atoms with Crippen molar-refractivity contribution in [3.05, 3.63) is 63.4 Å². The molecule has 0 aliphatic carbocycles. The Morgan fingerprint density at radius 3 is 2.57 bits per heavy atom. The largest absolute Gasteiger partial charge is 0.478 e. The highest BCUT2D eigenvalue weighted by molar-refractivity contribution is 14.1. The number of hydrogen-bond acceptors (Lipinski definition) is 3. The molecule has 1 aromatic heterocycles. The number of carboxylic acids is 1. The predicted molar refractivity (Wildman–Crippen MR) is 89.7 cm³/mol. The Bertz CT molecular complexity index is 793. The number of aromatic carboxylic acids is 1. The Balaban J connectivity index is 1.91. The minimum absolute atomic E-state index is 0.226. The molecule has 1 heterocycles. The lowest BCUT2D eigenvalue weighted by molar-refractivity contribution is 0.0696. The molecular formula is C16H12INO3. The van der Waals surface area contributed by atoms with E-state index in [-0.39, 0.29) is 5.56 Å². The first kappa shape index (κ1) is 13.9. The minimum Gasteiger partial charge on any atom is -0.478 e. The smallest absolute Gasteiger partial charge is 0.339 e. The molecule has 0 saturated heterocycles. The molecule has 106 valence electrons. The quantitative estimate of drug-likeness (QED) is 0.648. The summed E-state index contributed by atoms with van der Waals surface area (Å²) in [6.07, 6.45) is 0. The third-order valence-corrected chi connectivity index (χ3v) is 3.90. The topological polar surface area (TPSA) is 62.5 Å². The van der Waals surface area contributed by atoms with Crippen molar-refractivity contribution in [2.24, 2.45) is 0 Å². The first-order valence-corrected chi connectivity index (χ1v) is 7.46. The summed E-state index contributed by atoms with van der Waals surface area (Å²) in [6, 6.07) is 15.0. The summed E-state index contributed by atoms with van der Waals surface area (Å²) in [5.74, 6) is -0.540. The van der Waals surface area contributed by atoms with Crippen molar-refractivity contribution in [1.82, 2.24) is 0 Å². The van der Waals surface area contributed by atoms with Crippen LogP contribution in [-0.2, 0) is 6.54 Å². The highest BCUT2D eigenvalue weighted by Gasteiger charge is 2.19. The molecule has 0 spiro atoms. The second kappa shape index (κ2) is 5.77. The van der Waals surface area contributed by atoms with Gasteiger partial charge in [0.15, 0.2) is 0 Å². The van der Waals surface area contributed by atoms with Crippen LogP contribution in [-0.4, -0.2) is 11.1 Å². The molecule has 0 unspecified atom stereocenters. The number of benzene rings is 2. The van der Waals surface area contributed by atoms with Gasteiger partial charge in [0.2, 0.25) is 0 Å². The summed E-state index contributed by atoms with van der Waals surface area (Å²) in [5.41, 5.74) is 1.74. The molecule has 4 nitrogen and oxygen atoms in total. The van der Waals surface area contributed by atoms with E-state index in [2.05, 4.69) is 27.9 Å². The van der Waals surface area contributed by atoms with Crippen LogP contribution in [0.25, 0.3) is 11.0 Å². The monoisotopic (exact) mass is 393 g/mol. The van der Waals surface area contributed by atoms with Crippen molar-refractivity contribution in [3.63, 3.8) is 0 Å². The van der Waals surface area contributed by atoms with Gasteiger partial charge in [-0.15, -0.1) is 0 Å². The number of carboxylic acid groups (broad SMARTS) is 1. The zero-order chi connectivity index (χ0) is 14.8. The molecule has 0 fully saturated rings. The van der Waals surface area contributed by atoms with Gasteiger partial charge in [-0.1, -0.05) is 18.2 Å². The van der Waals surface area contributed by atoms with Crippen molar-refractivity contribution < 1.29 is 14.3 Å². The zero-order valence-electron chi connectivity index (χ0n) is 11.0. The highest BCUT2D eigenvalue weighted by atomic mass is 127. The van der Waals surface area contributed by atoms with Crippen LogP contribution in [0.2, 0.25) is 0 Å². The number of hydrogen-bond donors (Lipinski definition) is 2. The minimum atomic E-state index is -0.973. The lowest BCUT2D eigenvalue weighted by atomic mass is 10.1. The third-order valence-electron chi connectivity index (χ3n) is 3.18. The molecule has 5 heteroatoms. The van der Waals surface area contributed by atoms with E-state index in [1.807, 2.05) is 30.3 Å². The number of halogens is 1. The Morgan fingerprint density at radius 1 is 1.14 bits per heavy atom. The van der Waals surface area contributed by atoms with Gasteiger partial charge in [-0.25, -0.2) is 4.79 Å². The fraction of sp³-hybridized carbons (Fsp3) is 0.0625. The summed E-state index contributed by atoms with van der Waals surface area (Å²) in [4.78, 5) is 11.5. The van der Waals surface area contributed by atoms with E-state index in [1.165, 1.54) is 0 Å². The average Bonchev–Trinajstić information content (AvgIpc) is 2.85. The molecule has 3 aromatic rings. The van der Waals surface area contributed by atoms with Crippen LogP contribution in [0.3, 0.4) is 0 Å². The van der Waals surface area contributed by atoms with E-state index in [0.717, 1.165) is 9.26 Å². The van der Waals surface area contributed by atoms with Gasteiger partial charge in [-0.05, 0) is 52.9 Å². The van der Waals surface area contributed by atoms with Crippen molar-refractivity contribution in [2.75, 3.05) is 5.32 Å². The normalized spacial score (nSPS) is 10.7. The van der Waals surface area contributed by atoms with Crippen molar-refractivity contribution in [2.45, 2.75) is 6.54 Å². The molecule has 0 radical (unpaired) electrons. The van der Waals surface area contributed by atoms with Crippen LogP contribution in [0.5, 0.6) is 0 Å². The van der Waals surface area contributed by atoms with E-state index in [0.29, 0.717) is 23.3 Å². The molecule has 0 aliphatic rings. The number of carbonyl (C=O) groups is 1. The van der Waals surface area contributed by atoms with Crippen molar-refractivity contribution in [3.8, 4) is 0 Å². The SMILES string of the molecule is O=C(O)c1c(CNc2ccc(I)cc2)oc2ccccc12. The molecule has 3 rings (SSSR count). The Morgan fingerprint density at radius 2 is 1.86 bits per heavy atom. The molecule has 0 amide bonds. The fourth-order valence-corrected chi connectivity index (χ4v) is 2.56. The standard InChI is InChI=1S/C16H12INO3/c17-10-5-7-11(8-6-10)18-9-14-15(16(19)20)12-3-1-2-4-13(12)21-14/h1-8,18H,9H2,(H,19,20). The maximum Gasteiger partial charge on any atom is 0.339 e. The first-order chi connectivity index (χ1) is 10.1. The molecule has 2 N–H and O–H groups in total. The van der Waals surface area contributed by atoms with Crippen LogP contribution >= 0.6 is 22.6 Å². The van der Waals surface area contributed by atoms with Gasteiger partial charge in [0.25, 0.3) is 0 Å².